The van der Waals surface area contributed by atoms with Crippen molar-refractivity contribution in [1.29, 1.82) is 0 Å². The van der Waals surface area contributed by atoms with Crippen molar-refractivity contribution in [2.75, 3.05) is 33.2 Å². The molecule has 2 rings (SSSR count). The molecular weight excluding hydrogens is 210 g/mol. The van der Waals surface area contributed by atoms with E-state index in [4.69, 9.17) is 5.73 Å². The fourth-order valence-corrected chi connectivity index (χ4v) is 3.79. The van der Waals surface area contributed by atoms with Crippen molar-refractivity contribution in [3.8, 4) is 0 Å². The Morgan fingerprint density at radius 3 is 2.65 bits per heavy atom. The van der Waals surface area contributed by atoms with Gasteiger partial charge in [-0.25, -0.2) is 0 Å². The maximum Gasteiger partial charge on any atom is 0.0335 e. The molecule has 3 atom stereocenters. The second-order valence-electron chi connectivity index (χ2n) is 6.27. The maximum atomic E-state index is 6.13. The molecule has 1 aliphatic heterocycles. The predicted molar refractivity (Wildman–Crippen MR) is 73.1 cm³/mol. The van der Waals surface area contributed by atoms with Crippen molar-refractivity contribution in [2.45, 2.75) is 51.1 Å². The van der Waals surface area contributed by atoms with Crippen LogP contribution in [0.4, 0.5) is 0 Å². The molecule has 0 aromatic rings. The standard InChI is InChI=1S/C14H29N3/c1-4-13-10-17(8-7-16(13)3)14(11-15)6-5-12(2)9-14/h12-13H,4-11,15H2,1-3H3. The molecular formula is C14H29N3. The Morgan fingerprint density at radius 2 is 2.12 bits per heavy atom. The van der Waals surface area contributed by atoms with E-state index in [-0.39, 0.29) is 0 Å². The van der Waals surface area contributed by atoms with E-state index in [1.165, 1.54) is 45.3 Å². The summed E-state index contributed by atoms with van der Waals surface area (Å²) in [6, 6.07) is 0.725. The van der Waals surface area contributed by atoms with Gasteiger partial charge in [0, 0.05) is 37.8 Å². The van der Waals surface area contributed by atoms with Crippen LogP contribution < -0.4 is 5.73 Å². The number of likely N-dealkylation sites (N-methyl/N-ethyl adjacent to an activating group) is 1. The molecule has 3 unspecified atom stereocenters. The summed E-state index contributed by atoms with van der Waals surface area (Å²) in [6.07, 6.45) is 5.23. The average molecular weight is 239 g/mol. The molecule has 3 nitrogen and oxygen atoms in total. The Bertz CT molecular complexity index is 256. The van der Waals surface area contributed by atoms with Crippen molar-refractivity contribution in [3.63, 3.8) is 0 Å². The molecule has 2 fully saturated rings. The van der Waals surface area contributed by atoms with Gasteiger partial charge in [-0.3, -0.25) is 4.90 Å². The van der Waals surface area contributed by atoms with Crippen LogP contribution in [0.2, 0.25) is 0 Å². The predicted octanol–water partition coefficient (Wildman–Crippen LogP) is 1.53. The minimum atomic E-state index is 0.327. The van der Waals surface area contributed by atoms with Gasteiger partial charge in [-0.1, -0.05) is 13.8 Å². The number of nitrogens with two attached hydrogens (primary N) is 1. The largest absolute Gasteiger partial charge is 0.329 e. The highest BCUT2D eigenvalue weighted by molar-refractivity contribution is 5.00. The molecule has 1 heterocycles. The summed E-state index contributed by atoms with van der Waals surface area (Å²) < 4.78 is 0. The Balaban J connectivity index is 2.05. The zero-order valence-corrected chi connectivity index (χ0v) is 11.8. The highest BCUT2D eigenvalue weighted by atomic mass is 15.3. The third kappa shape index (κ3) is 2.51. The third-order valence-corrected chi connectivity index (χ3v) is 5.13. The summed E-state index contributed by atoms with van der Waals surface area (Å²) >= 11 is 0. The lowest BCUT2D eigenvalue weighted by Gasteiger charge is -2.48. The fraction of sp³-hybridized carbons (Fsp3) is 1.00. The topological polar surface area (TPSA) is 32.5 Å². The van der Waals surface area contributed by atoms with Gasteiger partial charge in [-0.2, -0.15) is 0 Å². The van der Waals surface area contributed by atoms with E-state index in [9.17, 15) is 0 Å². The first-order valence-electron chi connectivity index (χ1n) is 7.26. The van der Waals surface area contributed by atoms with Gasteiger partial charge in [0.1, 0.15) is 0 Å². The van der Waals surface area contributed by atoms with Crippen molar-refractivity contribution < 1.29 is 0 Å². The summed E-state index contributed by atoms with van der Waals surface area (Å²) in [5, 5.41) is 0. The lowest BCUT2D eigenvalue weighted by Crippen LogP contribution is -2.61. The van der Waals surface area contributed by atoms with Crippen molar-refractivity contribution >= 4 is 0 Å². The van der Waals surface area contributed by atoms with Gasteiger partial charge in [-0.15, -0.1) is 0 Å². The van der Waals surface area contributed by atoms with Crippen LogP contribution in [0, 0.1) is 5.92 Å². The smallest absolute Gasteiger partial charge is 0.0335 e. The monoisotopic (exact) mass is 239 g/mol. The summed E-state index contributed by atoms with van der Waals surface area (Å²) in [7, 11) is 2.26. The Kier molecular flexibility index (Phi) is 4.11. The van der Waals surface area contributed by atoms with Crippen LogP contribution in [0.3, 0.4) is 0 Å². The third-order valence-electron chi connectivity index (χ3n) is 5.13. The van der Waals surface area contributed by atoms with E-state index in [0.717, 1.165) is 18.5 Å². The minimum absolute atomic E-state index is 0.327. The molecule has 2 aliphatic rings. The second kappa shape index (κ2) is 5.25. The lowest BCUT2D eigenvalue weighted by atomic mass is 9.91. The molecule has 1 saturated carbocycles. The molecule has 0 radical (unpaired) electrons. The molecule has 1 aliphatic carbocycles. The molecule has 0 aromatic heterocycles. The van der Waals surface area contributed by atoms with Crippen molar-refractivity contribution in [3.05, 3.63) is 0 Å². The molecule has 1 saturated heterocycles. The van der Waals surface area contributed by atoms with E-state index in [0.29, 0.717) is 5.54 Å². The quantitative estimate of drug-likeness (QED) is 0.811. The van der Waals surface area contributed by atoms with Crippen LogP contribution in [-0.4, -0.2) is 54.6 Å². The highest BCUT2D eigenvalue weighted by Gasteiger charge is 2.43. The molecule has 0 bridgehead atoms. The number of hydrogen-bond donors (Lipinski definition) is 1. The Labute approximate surface area is 106 Å². The Hall–Kier alpha value is -0.120. The fourth-order valence-electron chi connectivity index (χ4n) is 3.79. The van der Waals surface area contributed by atoms with Crippen LogP contribution in [-0.2, 0) is 0 Å². The number of piperazine rings is 1. The first-order chi connectivity index (χ1) is 8.11. The molecule has 0 amide bonds. The van der Waals surface area contributed by atoms with Gasteiger partial charge in [0.25, 0.3) is 0 Å². The van der Waals surface area contributed by atoms with Crippen LogP contribution in [0.1, 0.15) is 39.5 Å². The van der Waals surface area contributed by atoms with E-state index in [1.807, 2.05) is 0 Å². The zero-order valence-electron chi connectivity index (χ0n) is 11.8. The van der Waals surface area contributed by atoms with E-state index >= 15 is 0 Å². The van der Waals surface area contributed by atoms with Crippen molar-refractivity contribution in [2.24, 2.45) is 11.7 Å². The summed E-state index contributed by atoms with van der Waals surface area (Å²) in [6.45, 7) is 9.15. The van der Waals surface area contributed by atoms with Gasteiger partial charge >= 0.3 is 0 Å². The highest BCUT2D eigenvalue weighted by Crippen LogP contribution is 2.39. The first-order valence-corrected chi connectivity index (χ1v) is 7.26. The van der Waals surface area contributed by atoms with Gasteiger partial charge < -0.3 is 10.6 Å². The number of hydrogen-bond acceptors (Lipinski definition) is 3. The lowest BCUT2D eigenvalue weighted by molar-refractivity contribution is 0.0132. The van der Waals surface area contributed by atoms with Crippen LogP contribution in [0.25, 0.3) is 0 Å². The normalized spacial score (nSPS) is 40.9. The Morgan fingerprint density at radius 1 is 1.35 bits per heavy atom. The van der Waals surface area contributed by atoms with E-state index in [2.05, 4.69) is 30.7 Å². The van der Waals surface area contributed by atoms with Crippen LogP contribution in [0.5, 0.6) is 0 Å². The van der Waals surface area contributed by atoms with Gasteiger partial charge in [0.15, 0.2) is 0 Å². The number of rotatable bonds is 3. The molecule has 0 spiro atoms. The molecule has 100 valence electrons. The molecule has 2 N–H and O–H groups in total. The van der Waals surface area contributed by atoms with E-state index in [1.54, 1.807) is 0 Å². The summed E-state index contributed by atoms with van der Waals surface area (Å²) in [5.74, 6) is 0.860. The second-order valence-corrected chi connectivity index (χ2v) is 6.27. The number of nitrogens with zero attached hydrogens (tertiary/aromatic N) is 2. The van der Waals surface area contributed by atoms with Gasteiger partial charge in [-0.05, 0) is 38.6 Å². The summed E-state index contributed by atoms with van der Waals surface area (Å²) in [4.78, 5) is 5.23. The minimum Gasteiger partial charge on any atom is -0.329 e. The molecule has 0 aromatic carbocycles. The van der Waals surface area contributed by atoms with Crippen molar-refractivity contribution in [1.82, 2.24) is 9.80 Å². The average Bonchev–Trinajstić information content (AvgIpc) is 2.73. The van der Waals surface area contributed by atoms with E-state index < -0.39 is 0 Å². The molecule has 17 heavy (non-hydrogen) atoms. The SMILES string of the molecule is CCC1CN(C2(CN)CCC(C)C2)CCN1C. The van der Waals surface area contributed by atoms with Gasteiger partial charge in [0.2, 0.25) is 0 Å². The van der Waals surface area contributed by atoms with Crippen LogP contribution in [0.15, 0.2) is 0 Å². The van der Waals surface area contributed by atoms with Gasteiger partial charge in [0.05, 0.1) is 0 Å². The first kappa shape index (κ1) is 13.3. The summed E-state index contributed by atoms with van der Waals surface area (Å²) in [5.41, 5.74) is 6.46. The molecule has 3 heteroatoms. The zero-order chi connectivity index (χ0) is 12.5. The van der Waals surface area contributed by atoms with Crippen LogP contribution >= 0.6 is 0 Å². The maximum absolute atomic E-state index is 6.13.